The Kier molecular flexibility index (Phi) is 2.29. The van der Waals surface area contributed by atoms with Gasteiger partial charge in [-0.25, -0.2) is 8.78 Å². The van der Waals surface area contributed by atoms with E-state index in [0.717, 1.165) is 6.07 Å². The summed E-state index contributed by atoms with van der Waals surface area (Å²) < 4.78 is 24.9. The van der Waals surface area contributed by atoms with Gasteiger partial charge in [0.2, 0.25) is 0 Å². The van der Waals surface area contributed by atoms with Gasteiger partial charge in [0.05, 0.1) is 5.88 Å². The van der Waals surface area contributed by atoms with Crippen LogP contribution in [-0.4, -0.2) is 5.11 Å². The van der Waals surface area contributed by atoms with Crippen LogP contribution in [0.4, 0.5) is 8.78 Å². The van der Waals surface area contributed by atoms with Gasteiger partial charge in [-0.05, 0) is 6.07 Å². The summed E-state index contributed by atoms with van der Waals surface area (Å²) in [5.41, 5.74) is 0.0594. The first kappa shape index (κ1) is 8.27. The zero-order valence-corrected chi connectivity index (χ0v) is 6.20. The molecule has 0 aliphatic carbocycles. The van der Waals surface area contributed by atoms with Crippen LogP contribution < -0.4 is 0 Å². The molecule has 11 heavy (non-hydrogen) atoms. The Hall–Kier alpha value is -0.830. The SMILES string of the molecule is Oc1c(F)cc(F)cc1CCl. The Labute approximate surface area is 67.2 Å². The molecule has 1 aromatic carbocycles. The Bertz CT molecular complexity index is 275. The van der Waals surface area contributed by atoms with Crippen LogP contribution in [0.1, 0.15) is 5.56 Å². The molecule has 1 rings (SSSR count). The molecule has 0 saturated heterocycles. The first-order chi connectivity index (χ1) is 5.15. The van der Waals surface area contributed by atoms with E-state index in [4.69, 9.17) is 16.7 Å². The molecule has 0 heterocycles. The van der Waals surface area contributed by atoms with E-state index in [-0.39, 0.29) is 11.4 Å². The van der Waals surface area contributed by atoms with Crippen LogP contribution in [-0.2, 0) is 5.88 Å². The highest BCUT2D eigenvalue weighted by molar-refractivity contribution is 6.17. The molecule has 1 N–H and O–H groups in total. The van der Waals surface area contributed by atoms with Crippen LogP contribution in [0.15, 0.2) is 12.1 Å². The van der Waals surface area contributed by atoms with Gasteiger partial charge in [-0.15, -0.1) is 11.6 Å². The standard InChI is InChI=1S/C7H5ClF2O/c8-3-4-1-5(9)2-6(10)7(4)11/h1-2,11H,3H2. The summed E-state index contributed by atoms with van der Waals surface area (Å²) in [5, 5.41) is 8.90. The second kappa shape index (κ2) is 3.05. The molecular formula is C7H5ClF2O. The molecule has 0 atom stereocenters. The molecule has 60 valence electrons. The van der Waals surface area contributed by atoms with Crippen molar-refractivity contribution in [2.75, 3.05) is 0 Å². The highest BCUT2D eigenvalue weighted by Gasteiger charge is 2.08. The maximum Gasteiger partial charge on any atom is 0.168 e. The number of hydrogen-bond donors (Lipinski definition) is 1. The number of aromatic hydroxyl groups is 1. The van der Waals surface area contributed by atoms with Gasteiger partial charge in [0.15, 0.2) is 11.6 Å². The van der Waals surface area contributed by atoms with Crippen LogP contribution in [0.3, 0.4) is 0 Å². The molecule has 1 nitrogen and oxygen atoms in total. The number of phenolic OH excluding ortho intramolecular Hbond substituents is 1. The van der Waals surface area contributed by atoms with E-state index in [9.17, 15) is 8.78 Å². The second-order valence-electron chi connectivity index (χ2n) is 2.03. The summed E-state index contributed by atoms with van der Waals surface area (Å²) >= 11 is 5.28. The van der Waals surface area contributed by atoms with Gasteiger partial charge in [-0.2, -0.15) is 0 Å². The highest BCUT2D eigenvalue weighted by atomic mass is 35.5. The molecular weight excluding hydrogens is 174 g/mol. The summed E-state index contributed by atoms with van der Waals surface area (Å²) in [5.74, 6) is -2.42. The predicted molar refractivity (Wildman–Crippen MR) is 37.6 cm³/mol. The monoisotopic (exact) mass is 178 g/mol. The van der Waals surface area contributed by atoms with Gasteiger partial charge in [-0.1, -0.05) is 0 Å². The average Bonchev–Trinajstić information content (AvgIpc) is 1.96. The predicted octanol–water partition coefficient (Wildman–Crippen LogP) is 2.41. The largest absolute Gasteiger partial charge is 0.505 e. The molecule has 0 aliphatic rings. The number of halogens is 3. The minimum absolute atomic E-state index is 0.0594. The van der Waals surface area contributed by atoms with Gasteiger partial charge >= 0.3 is 0 Å². The van der Waals surface area contributed by atoms with E-state index in [1.54, 1.807) is 0 Å². The highest BCUT2D eigenvalue weighted by Crippen LogP contribution is 2.23. The van der Waals surface area contributed by atoms with E-state index in [2.05, 4.69) is 0 Å². The third-order valence-corrected chi connectivity index (χ3v) is 1.54. The molecule has 0 amide bonds. The lowest BCUT2D eigenvalue weighted by molar-refractivity contribution is 0.423. The Morgan fingerprint density at radius 2 is 2.00 bits per heavy atom. The number of alkyl halides is 1. The van der Waals surface area contributed by atoms with Gasteiger partial charge in [-0.3, -0.25) is 0 Å². The molecule has 4 heteroatoms. The van der Waals surface area contributed by atoms with Crippen LogP contribution in [0, 0.1) is 11.6 Å². The topological polar surface area (TPSA) is 20.2 Å². The van der Waals surface area contributed by atoms with E-state index >= 15 is 0 Å². The molecule has 0 fully saturated rings. The van der Waals surface area contributed by atoms with Crippen molar-refractivity contribution in [1.29, 1.82) is 0 Å². The summed E-state index contributed by atoms with van der Waals surface area (Å²) in [6.07, 6.45) is 0. The quantitative estimate of drug-likeness (QED) is 0.655. The second-order valence-corrected chi connectivity index (χ2v) is 2.30. The average molecular weight is 179 g/mol. The van der Waals surface area contributed by atoms with Crippen molar-refractivity contribution in [2.45, 2.75) is 5.88 Å². The smallest absolute Gasteiger partial charge is 0.168 e. The number of hydrogen-bond acceptors (Lipinski definition) is 1. The minimum Gasteiger partial charge on any atom is -0.505 e. The van der Waals surface area contributed by atoms with Gasteiger partial charge in [0.25, 0.3) is 0 Å². The third kappa shape index (κ3) is 1.60. The number of phenols is 1. The van der Waals surface area contributed by atoms with E-state index in [1.165, 1.54) is 0 Å². The zero-order chi connectivity index (χ0) is 8.43. The van der Waals surface area contributed by atoms with Crippen LogP contribution in [0.2, 0.25) is 0 Å². The Morgan fingerprint density at radius 3 is 2.55 bits per heavy atom. The first-order valence-corrected chi connectivity index (χ1v) is 3.41. The van der Waals surface area contributed by atoms with Crippen molar-refractivity contribution in [3.05, 3.63) is 29.3 Å². The normalized spacial score (nSPS) is 10.1. The first-order valence-electron chi connectivity index (χ1n) is 2.88. The lowest BCUT2D eigenvalue weighted by Gasteiger charge is -2.00. The van der Waals surface area contributed by atoms with Crippen molar-refractivity contribution in [1.82, 2.24) is 0 Å². The third-order valence-electron chi connectivity index (χ3n) is 1.25. The number of benzene rings is 1. The fourth-order valence-electron chi connectivity index (χ4n) is 0.721. The summed E-state index contributed by atoms with van der Waals surface area (Å²) in [6, 6.07) is 1.59. The van der Waals surface area contributed by atoms with Crippen molar-refractivity contribution < 1.29 is 13.9 Å². The van der Waals surface area contributed by atoms with Gasteiger partial charge in [0, 0.05) is 11.6 Å². The molecule has 0 spiro atoms. The molecule has 0 aromatic heterocycles. The van der Waals surface area contributed by atoms with Gasteiger partial charge in [0.1, 0.15) is 5.82 Å². The molecule has 1 aromatic rings. The Balaban J connectivity index is 3.24. The lowest BCUT2D eigenvalue weighted by atomic mass is 10.2. The fourth-order valence-corrected chi connectivity index (χ4v) is 0.925. The van der Waals surface area contributed by atoms with Crippen LogP contribution in [0.5, 0.6) is 5.75 Å². The van der Waals surface area contributed by atoms with E-state index in [1.807, 2.05) is 0 Å². The number of rotatable bonds is 1. The van der Waals surface area contributed by atoms with E-state index < -0.39 is 17.4 Å². The zero-order valence-electron chi connectivity index (χ0n) is 5.44. The maximum absolute atomic E-state index is 12.5. The van der Waals surface area contributed by atoms with Crippen molar-refractivity contribution in [3.8, 4) is 5.75 Å². The molecule has 0 bridgehead atoms. The summed E-state index contributed by atoms with van der Waals surface area (Å²) in [4.78, 5) is 0. The molecule has 0 aliphatic heterocycles. The fraction of sp³-hybridized carbons (Fsp3) is 0.143. The van der Waals surface area contributed by atoms with Crippen molar-refractivity contribution in [3.63, 3.8) is 0 Å². The van der Waals surface area contributed by atoms with Crippen molar-refractivity contribution in [2.24, 2.45) is 0 Å². The maximum atomic E-state index is 12.5. The van der Waals surface area contributed by atoms with Crippen LogP contribution in [0.25, 0.3) is 0 Å². The molecule has 0 radical (unpaired) electrons. The van der Waals surface area contributed by atoms with Crippen LogP contribution >= 0.6 is 11.6 Å². The summed E-state index contributed by atoms with van der Waals surface area (Å²) in [7, 11) is 0. The Morgan fingerprint density at radius 1 is 1.36 bits per heavy atom. The van der Waals surface area contributed by atoms with E-state index in [0.29, 0.717) is 6.07 Å². The summed E-state index contributed by atoms with van der Waals surface area (Å²) in [6.45, 7) is 0. The molecule has 0 saturated carbocycles. The minimum atomic E-state index is -0.986. The van der Waals surface area contributed by atoms with Crippen molar-refractivity contribution >= 4 is 11.6 Å². The molecule has 0 unspecified atom stereocenters. The van der Waals surface area contributed by atoms with Gasteiger partial charge < -0.3 is 5.11 Å². The lowest BCUT2D eigenvalue weighted by Crippen LogP contribution is -1.87.